The second kappa shape index (κ2) is 5.51. The predicted octanol–water partition coefficient (Wildman–Crippen LogP) is 1.24. The monoisotopic (exact) mass is 308 g/mol. The van der Waals surface area contributed by atoms with Gasteiger partial charge < -0.3 is 10.2 Å². The van der Waals surface area contributed by atoms with Crippen molar-refractivity contribution in [1.82, 2.24) is 9.55 Å². The average molecular weight is 308 g/mol. The zero-order chi connectivity index (χ0) is 15.1. The fourth-order valence-corrected chi connectivity index (χ4v) is 4.43. The van der Waals surface area contributed by atoms with Crippen molar-refractivity contribution in [2.45, 2.75) is 45.8 Å². The minimum atomic E-state index is -0.935. The summed E-state index contributed by atoms with van der Waals surface area (Å²) in [6.45, 7) is 3.74. The van der Waals surface area contributed by atoms with Gasteiger partial charge in [-0.05, 0) is 37.7 Å². The van der Waals surface area contributed by atoms with Gasteiger partial charge in [-0.15, -0.1) is 11.3 Å². The van der Waals surface area contributed by atoms with Gasteiger partial charge >= 0.3 is 0 Å². The van der Waals surface area contributed by atoms with Gasteiger partial charge in [-0.25, -0.2) is 4.98 Å². The summed E-state index contributed by atoms with van der Waals surface area (Å²) in [6.07, 6.45) is 2.12. The van der Waals surface area contributed by atoms with Crippen molar-refractivity contribution in [3.8, 4) is 0 Å². The van der Waals surface area contributed by atoms with Gasteiger partial charge in [0, 0.05) is 4.88 Å². The van der Waals surface area contributed by atoms with Crippen LogP contribution in [0.2, 0.25) is 0 Å². The smallest absolute Gasteiger partial charge is 0.262 e. The molecule has 1 aliphatic rings. The lowest BCUT2D eigenvalue weighted by atomic mass is 9.89. The van der Waals surface area contributed by atoms with E-state index in [0.717, 1.165) is 35.0 Å². The van der Waals surface area contributed by atoms with Crippen LogP contribution < -0.4 is 5.56 Å². The number of rotatable bonds is 3. The molecule has 0 amide bonds. The van der Waals surface area contributed by atoms with E-state index in [1.54, 1.807) is 18.3 Å². The Morgan fingerprint density at radius 1 is 1.52 bits per heavy atom. The van der Waals surface area contributed by atoms with Gasteiger partial charge in [0.05, 0.1) is 24.6 Å². The topological polar surface area (TPSA) is 75.4 Å². The Kier molecular flexibility index (Phi) is 3.86. The molecule has 6 heteroatoms. The molecule has 5 nitrogen and oxygen atoms in total. The molecular formula is C15H20N2O3S. The third kappa shape index (κ3) is 2.52. The largest absolute Gasteiger partial charge is 0.394 e. The first-order valence-corrected chi connectivity index (χ1v) is 8.13. The molecule has 0 saturated carbocycles. The molecule has 0 spiro atoms. The molecule has 2 heterocycles. The Bertz CT molecular complexity index is 735. The molecule has 2 atom stereocenters. The third-order valence-electron chi connectivity index (χ3n) is 4.21. The number of hydrogen-bond acceptors (Lipinski definition) is 5. The van der Waals surface area contributed by atoms with Gasteiger partial charge in [0.15, 0.2) is 0 Å². The van der Waals surface area contributed by atoms with Gasteiger partial charge in [-0.1, -0.05) is 6.92 Å². The maximum absolute atomic E-state index is 12.8. The summed E-state index contributed by atoms with van der Waals surface area (Å²) in [7, 11) is 0. The standard InChI is InChI=1S/C15H20N2O3S/c1-8-3-4-11-12(5-8)21-14-13(11)15(20)17(9(2)16-14)6-10(19)7-18/h8,10,18-19H,3-7H2,1-2H3. The van der Waals surface area contributed by atoms with Crippen molar-refractivity contribution in [3.63, 3.8) is 0 Å². The first-order valence-electron chi connectivity index (χ1n) is 7.31. The molecule has 2 N–H and O–H groups in total. The van der Waals surface area contributed by atoms with E-state index in [9.17, 15) is 9.90 Å². The van der Waals surface area contributed by atoms with Crippen LogP contribution >= 0.6 is 11.3 Å². The van der Waals surface area contributed by atoms with Crippen molar-refractivity contribution < 1.29 is 10.2 Å². The molecule has 0 aromatic carbocycles. The fraction of sp³-hybridized carbons (Fsp3) is 0.600. The summed E-state index contributed by atoms with van der Waals surface area (Å²) >= 11 is 1.63. The first-order chi connectivity index (χ1) is 10.0. The Balaban J connectivity index is 2.17. The Hall–Kier alpha value is -1.24. The van der Waals surface area contributed by atoms with E-state index in [-0.39, 0.29) is 18.7 Å². The number of aromatic nitrogens is 2. The second-order valence-corrected chi connectivity index (χ2v) is 7.03. The van der Waals surface area contributed by atoms with Crippen LogP contribution in [0.5, 0.6) is 0 Å². The normalized spacial score (nSPS) is 19.7. The molecule has 2 aromatic heterocycles. The van der Waals surface area contributed by atoms with Crippen LogP contribution in [0.25, 0.3) is 10.2 Å². The summed E-state index contributed by atoms with van der Waals surface area (Å²) in [5.74, 6) is 1.25. The molecular weight excluding hydrogens is 288 g/mol. The number of aryl methyl sites for hydroxylation is 2. The maximum atomic E-state index is 12.8. The van der Waals surface area contributed by atoms with Crippen LogP contribution in [0.1, 0.15) is 29.6 Å². The van der Waals surface area contributed by atoms with Crippen LogP contribution in [-0.4, -0.2) is 32.5 Å². The van der Waals surface area contributed by atoms with Crippen molar-refractivity contribution in [1.29, 1.82) is 0 Å². The minimum absolute atomic E-state index is 0.0861. The van der Waals surface area contributed by atoms with Gasteiger partial charge in [0.2, 0.25) is 0 Å². The third-order valence-corrected chi connectivity index (χ3v) is 5.36. The molecule has 114 valence electrons. The van der Waals surface area contributed by atoms with E-state index in [2.05, 4.69) is 11.9 Å². The number of aliphatic hydroxyl groups excluding tert-OH is 2. The lowest BCUT2D eigenvalue weighted by Crippen LogP contribution is -2.31. The van der Waals surface area contributed by atoms with E-state index < -0.39 is 6.10 Å². The van der Waals surface area contributed by atoms with Crippen LogP contribution in [0.15, 0.2) is 4.79 Å². The summed E-state index contributed by atoms with van der Waals surface area (Å²) in [5, 5.41) is 19.3. The van der Waals surface area contributed by atoms with Gasteiger partial charge in [0.1, 0.15) is 10.7 Å². The number of nitrogens with zero attached hydrogens (tertiary/aromatic N) is 2. The summed E-state index contributed by atoms with van der Waals surface area (Å²) < 4.78 is 1.48. The van der Waals surface area contributed by atoms with E-state index in [1.165, 1.54) is 9.44 Å². The number of hydrogen-bond donors (Lipinski definition) is 2. The predicted molar refractivity (Wildman–Crippen MR) is 82.9 cm³/mol. The number of aliphatic hydroxyl groups is 2. The first kappa shape index (κ1) is 14.7. The lowest BCUT2D eigenvalue weighted by molar-refractivity contribution is 0.0797. The van der Waals surface area contributed by atoms with Crippen LogP contribution in [-0.2, 0) is 19.4 Å². The highest BCUT2D eigenvalue weighted by atomic mass is 32.1. The van der Waals surface area contributed by atoms with Gasteiger partial charge in [0.25, 0.3) is 5.56 Å². The van der Waals surface area contributed by atoms with Gasteiger partial charge in [-0.3, -0.25) is 9.36 Å². The Morgan fingerprint density at radius 2 is 2.29 bits per heavy atom. The van der Waals surface area contributed by atoms with Crippen LogP contribution in [0.3, 0.4) is 0 Å². The maximum Gasteiger partial charge on any atom is 0.262 e. The molecule has 2 unspecified atom stereocenters. The van der Waals surface area contributed by atoms with E-state index in [1.807, 2.05) is 0 Å². The minimum Gasteiger partial charge on any atom is -0.394 e. The quantitative estimate of drug-likeness (QED) is 0.895. The number of thiophene rings is 1. The zero-order valence-electron chi connectivity index (χ0n) is 12.3. The van der Waals surface area contributed by atoms with E-state index in [0.29, 0.717) is 11.7 Å². The van der Waals surface area contributed by atoms with Crippen molar-refractivity contribution >= 4 is 21.6 Å². The average Bonchev–Trinajstić information content (AvgIpc) is 2.79. The van der Waals surface area contributed by atoms with Crippen molar-refractivity contribution in [2.75, 3.05) is 6.61 Å². The molecule has 0 saturated heterocycles. The van der Waals surface area contributed by atoms with Gasteiger partial charge in [-0.2, -0.15) is 0 Å². The van der Waals surface area contributed by atoms with Crippen molar-refractivity contribution in [2.24, 2.45) is 5.92 Å². The zero-order valence-corrected chi connectivity index (χ0v) is 13.1. The summed E-state index contributed by atoms with van der Waals surface area (Å²) in [5.41, 5.74) is 1.06. The second-order valence-electron chi connectivity index (χ2n) is 5.94. The molecule has 0 fully saturated rings. The van der Waals surface area contributed by atoms with Crippen LogP contribution in [0.4, 0.5) is 0 Å². The fourth-order valence-electron chi connectivity index (χ4n) is 3.01. The molecule has 0 radical (unpaired) electrons. The highest BCUT2D eigenvalue weighted by Gasteiger charge is 2.24. The van der Waals surface area contributed by atoms with E-state index in [4.69, 9.17) is 5.11 Å². The molecule has 0 aliphatic heterocycles. The molecule has 3 rings (SSSR count). The highest BCUT2D eigenvalue weighted by Crippen LogP contribution is 2.35. The summed E-state index contributed by atoms with van der Waals surface area (Å²) in [6, 6.07) is 0. The highest BCUT2D eigenvalue weighted by molar-refractivity contribution is 7.18. The Morgan fingerprint density at radius 3 is 3.00 bits per heavy atom. The molecule has 0 bridgehead atoms. The van der Waals surface area contributed by atoms with Crippen LogP contribution in [0, 0.1) is 12.8 Å². The van der Waals surface area contributed by atoms with E-state index >= 15 is 0 Å². The Labute approximate surface area is 126 Å². The van der Waals surface area contributed by atoms with Crippen molar-refractivity contribution in [3.05, 3.63) is 26.6 Å². The lowest BCUT2D eigenvalue weighted by Gasteiger charge is -2.18. The SMILES string of the molecule is Cc1nc2sc3c(c2c(=O)n1CC(O)CO)CCC(C)C3. The summed E-state index contributed by atoms with van der Waals surface area (Å²) in [4.78, 5) is 19.4. The molecule has 21 heavy (non-hydrogen) atoms. The number of fused-ring (bicyclic) bond motifs is 3. The molecule has 1 aliphatic carbocycles. The molecule has 2 aromatic rings.